The number of nitrogens with one attached hydrogen (secondary N) is 1. The minimum Gasteiger partial charge on any atom is -0.463 e. The van der Waals surface area contributed by atoms with Crippen LogP contribution in [0.25, 0.3) is 16.6 Å². The van der Waals surface area contributed by atoms with Crippen molar-refractivity contribution in [1.29, 1.82) is 0 Å². The van der Waals surface area contributed by atoms with Crippen LogP contribution in [0.15, 0.2) is 57.9 Å². The van der Waals surface area contributed by atoms with Crippen LogP contribution in [0.1, 0.15) is 44.1 Å². The van der Waals surface area contributed by atoms with Gasteiger partial charge >= 0.3 is 0 Å². The number of fused-ring (bicyclic) bond motifs is 3. The maximum absolute atomic E-state index is 12.8. The summed E-state index contributed by atoms with van der Waals surface area (Å²) >= 11 is 0. The third-order valence-corrected chi connectivity index (χ3v) is 5.14. The number of aryl methyl sites for hydroxylation is 2. The summed E-state index contributed by atoms with van der Waals surface area (Å²) in [5, 5.41) is 7.52. The summed E-state index contributed by atoms with van der Waals surface area (Å²) < 4.78 is 8.75. The third-order valence-electron chi connectivity index (χ3n) is 5.14. The molecule has 150 valence electrons. The second-order valence-electron chi connectivity index (χ2n) is 7.14. The lowest BCUT2D eigenvalue weighted by Gasteiger charge is -2.14. The molecule has 29 heavy (non-hydrogen) atoms. The third kappa shape index (κ3) is 3.68. The number of carbonyl (C=O) groups excluding carboxylic acids is 1. The van der Waals surface area contributed by atoms with Crippen molar-refractivity contribution in [2.75, 3.05) is 0 Å². The van der Waals surface area contributed by atoms with E-state index in [-0.39, 0.29) is 17.5 Å². The Morgan fingerprint density at radius 3 is 2.76 bits per heavy atom. The Bertz CT molecular complexity index is 1200. The van der Waals surface area contributed by atoms with Gasteiger partial charge in [-0.15, -0.1) is 0 Å². The Kier molecular flexibility index (Phi) is 5.20. The molecule has 0 aliphatic rings. The monoisotopic (exact) mass is 392 g/mol. The van der Waals surface area contributed by atoms with Gasteiger partial charge in [-0.25, -0.2) is 4.68 Å². The van der Waals surface area contributed by atoms with Gasteiger partial charge in [-0.05, 0) is 18.9 Å². The summed E-state index contributed by atoms with van der Waals surface area (Å²) in [7, 11) is 0. The maximum Gasteiger partial charge on any atom is 0.291 e. The van der Waals surface area contributed by atoms with E-state index in [1.54, 1.807) is 12.3 Å². The number of furan rings is 1. The fourth-order valence-corrected chi connectivity index (χ4v) is 3.63. The Morgan fingerprint density at radius 2 is 2.00 bits per heavy atom. The molecule has 0 aliphatic heterocycles. The van der Waals surface area contributed by atoms with Crippen LogP contribution in [-0.4, -0.2) is 20.1 Å². The van der Waals surface area contributed by atoms with Crippen molar-refractivity contribution in [2.45, 2.75) is 45.7 Å². The molecule has 1 atom stereocenters. The maximum atomic E-state index is 12.8. The molecule has 4 rings (SSSR count). The summed E-state index contributed by atoms with van der Waals surface area (Å²) in [5.41, 5.74) is 2.96. The van der Waals surface area contributed by atoms with Crippen LogP contribution in [-0.2, 0) is 17.8 Å². The van der Waals surface area contributed by atoms with Gasteiger partial charge in [0.2, 0.25) is 5.91 Å². The van der Waals surface area contributed by atoms with E-state index >= 15 is 0 Å². The Labute approximate surface area is 167 Å². The molecule has 0 saturated heterocycles. The first-order valence-electron chi connectivity index (χ1n) is 9.91. The Morgan fingerprint density at radius 1 is 1.21 bits per heavy atom. The van der Waals surface area contributed by atoms with E-state index in [1.807, 2.05) is 54.6 Å². The van der Waals surface area contributed by atoms with Crippen molar-refractivity contribution in [1.82, 2.24) is 19.5 Å². The van der Waals surface area contributed by atoms with Crippen LogP contribution >= 0.6 is 0 Å². The molecule has 7 heteroatoms. The van der Waals surface area contributed by atoms with Crippen LogP contribution in [0.4, 0.5) is 0 Å². The van der Waals surface area contributed by atoms with Gasteiger partial charge in [-0.1, -0.05) is 37.3 Å². The number of amides is 1. The van der Waals surface area contributed by atoms with Crippen molar-refractivity contribution in [2.24, 2.45) is 0 Å². The van der Waals surface area contributed by atoms with E-state index in [9.17, 15) is 9.59 Å². The number of rotatable bonds is 7. The van der Waals surface area contributed by atoms with Crippen LogP contribution in [0.5, 0.6) is 0 Å². The predicted octanol–water partition coefficient (Wildman–Crippen LogP) is 3.46. The molecule has 3 aromatic heterocycles. The smallest absolute Gasteiger partial charge is 0.291 e. The van der Waals surface area contributed by atoms with E-state index in [0.717, 1.165) is 16.9 Å². The number of hydrogen-bond acceptors (Lipinski definition) is 4. The molecule has 0 spiro atoms. The molecule has 0 aliphatic carbocycles. The molecule has 1 amide bonds. The molecule has 0 fully saturated rings. The molecule has 0 unspecified atom stereocenters. The molecule has 1 N–H and O–H groups in total. The number of aromatic nitrogens is 3. The van der Waals surface area contributed by atoms with Crippen LogP contribution in [0.3, 0.4) is 0 Å². The van der Waals surface area contributed by atoms with Crippen LogP contribution in [0, 0.1) is 0 Å². The summed E-state index contributed by atoms with van der Waals surface area (Å²) in [4.78, 5) is 25.1. The quantitative estimate of drug-likeness (QED) is 0.522. The lowest BCUT2D eigenvalue weighted by atomic mass is 10.1. The van der Waals surface area contributed by atoms with Crippen molar-refractivity contribution in [3.05, 3.63) is 70.5 Å². The predicted molar refractivity (Wildman–Crippen MR) is 111 cm³/mol. The summed E-state index contributed by atoms with van der Waals surface area (Å²) in [6.07, 6.45) is 3.16. The number of hydrogen-bond donors (Lipinski definition) is 1. The van der Waals surface area contributed by atoms with Gasteiger partial charge in [0, 0.05) is 31.5 Å². The minimum atomic E-state index is -0.174. The second kappa shape index (κ2) is 7.95. The fraction of sp³-hybridized carbons (Fsp3) is 0.318. The highest BCUT2D eigenvalue weighted by atomic mass is 16.3. The van der Waals surface area contributed by atoms with Crippen molar-refractivity contribution in [3.63, 3.8) is 0 Å². The van der Waals surface area contributed by atoms with Gasteiger partial charge in [0.05, 0.1) is 17.8 Å². The number of nitrogens with zero attached hydrogens (tertiary/aromatic N) is 3. The average molecular weight is 392 g/mol. The first-order chi connectivity index (χ1) is 14.1. The van der Waals surface area contributed by atoms with E-state index in [4.69, 9.17) is 4.42 Å². The van der Waals surface area contributed by atoms with Gasteiger partial charge in [-0.3, -0.25) is 14.0 Å². The second-order valence-corrected chi connectivity index (χ2v) is 7.14. The molecule has 7 nitrogen and oxygen atoms in total. The minimum absolute atomic E-state index is 0.0357. The van der Waals surface area contributed by atoms with Crippen molar-refractivity contribution in [3.8, 4) is 0 Å². The van der Waals surface area contributed by atoms with Crippen molar-refractivity contribution < 1.29 is 9.21 Å². The van der Waals surface area contributed by atoms with Crippen LogP contribution < -0.4 is 10.9 Å². The Hall–Kier alpha value is -3.35. The normalized spacial score (nSPS) is 12.5. The van der Waals surface area contributed by atoms with Crippen LogP contribution in [0.2, 0.25) is 0 Å². The van der Waals surface area contributed by atoms with Gasteiger partial charge in [0.1, 0.15) is 11.3 Å². The SMILES string of the molecule is CCc1nn(CCCC(=O)N[C@H](C)c2ccccc2)c(=O)c2cc3occc3n12. The highest BCUT2D eigenvalue weighted by molar-refractivity contribution is 5.82. The van der Waals surface area contributed by atoms with Gasteiger partial charge in [0.25, 0.3) is 5.56 Å². The lowest BCUT2D eigenvalue weighted by Crippen LogP contribution is -2.29. The molecule has 0 radical (unpaired) electrons. The van der Waals surface area contributed by atoms with E-state index in [0.29, 0.717) is 36.9 Å². The first kappa shape index (κ1) is 19.0. The molecular weight excluding hydrogens is 368 g/mol. The zero-order valence-corrected chi connectivity index (χ0v) is 16.6. The fourth-order valence-electron chi connectivity index (χ4n) is 3.63. The summed E-state index contributed by atoms with van der Waals surface area (Å²) in [6, 6.07) is 13.4. The summed E-state index contributed by atoms with van der Waals surface area (Å²) in [6.45, 7) is 4.35. The summed E-state index contributed by atoms with van der Waals surface area (Å²) in [5.74, 6) is 0.754. The van der Waals surface area contributed by atoms with E-state index < -0.39 is 0 Å². The lowest BCUT2D eigenvalue weighted by molar-refractivity contribution is -0.121. The zero-order valence-electron chi connectivity index (χ0n) is 16.6. The standard InChI is InChI=1S/C22H24N4O3/c1-3-20-24-25(22(28)18-14-19-17(26(18)20)11-13-29-19)12-7-10-21(27)23-15(2)16-8-5-4-6-9-16/h4-6,8-9,11,13-15H,3,7,10,12H2,1-2H3,(H,23,27)/t15-/m1/s1. The zero-order chi connectivity index (χ0) is 20.4. The van der Waals surface area contributed by atoms with Gasteiger partial charge in [0.15, 0.2) is 5.58 Å². The molecule has 0 bridgehead atoms. The van der Waals surface area contributed by atoms with Gasteiger partial charge in [-0.2, -0.15) is 5.10 Å². The Balaban J connectivity index is 1.45. The van der Waals surface area contributed by atoms with E-state index in [2.05, 4.69) is 10.4 Å². The van der Waals surface area contributed by atoms with E-state index in [1.165, 1.54) is 4.68 Å². The highest BCUT2D eigenvalue weighted by Gasteiger charge is 2.15. The highest BCUT2D eigenvalue weighted by Crippen LogP contribution is 2.20. The molecule has 1 aromatic carbocycles. The van der Waals surface area contributed by atoms with Crippen molar-refractivity contribution >= 4 is 22.5 Å². The average Bonchev–Trinajstić information content (AvgIpc) is 3.32. The molecule has 0 saturated carbocycles. The topological polar surface area (TPSA) is 81.5 Å². The molecular formula is C22H24N4O3. The number of carbonyl (C=O) groups is 1. The molecule has 3 heterocycles. The molecule has 4 aromatic rings. The number of benzene rings is 1. The van der Waals surface area contributed by atoms with Gasteiger partial charge < -0.3 is 9.73 Å². The first-order valence-corrected chi connectivity index (χ1v) is 9.91. The largest absolute Gasteiger partial charge is 0.463 e.